The maximum absolute atomic E-state index is 12.3. The number of carbonyl (C=O) groups excluding carboxylic acids is 1. The molecule has 3 unspecified atom stereocenters. The van der Waals surface area contributed by atoms with E-state index in [1.54, 1.807) is 18.2 Å². The molecule has 2 aliphatic rings. The highest BCUT2D eigenvalue weighted by Crippen LogP contribution is 2.37. The zero-order valence-corrected chi connectivity index (χ0v) is 14.1. The maximum Gasteiger partial charge on any atom is 0.310 e. The molecule has 0 bridgehead atoms. The van der Waals surface area contributed by atoms with Crippen LogP contribution < -0.4 is 10.5 Å². The van der Waals surface area contributed by atoms with Gasteiger partial charge in [-0.1, -0.05) is 12.1 Å². The number of nitrogens with two attached hydrogens (primary N) is 1. The van der Waals surface area contributed by atoms with Crippen LogP contribution in [0.25, 0.3) is 0 Å². The van der Waals surface area contributed by atoms with E-state index >= 15 is 0 Å². The number of halogens is 1. The smallest absolute Gasteiger partial charge is 0.310 e. The number of nitro benzene ring substituents is 1. The molecule has 24 heavy (non-hydrogen) atoms. The van der Waals surface area contributed by atoms with Crippen LogP contribution in [0.1, 0.15) is 19.3 Å². The molecule has 1 saturated carbocycles. The highest BCUT2D eigenvalue weighted by molar-refractivity contribution is 5.85. The van der Waals surface area contributed by atoms with Gasteiger partial charge in [-0.2, -0.15) is 0 Å². The van der Waals surface area contributed by atoms with E-state index in [2.05, 4.69) is 0 Å². The van der Waals surface area contributed by atoms with Gasteiger partial charge >= 0.3 is 5.69 Å². The fourth-order valence-corrected chi connectivity index (χ4v) is 3.65. The number of nitrogens with zero attached hydrogens (tertiary/aromatic N) is 2. The summed E-state index contributed by atoms with van der Waals surface area (Å²) in [5, 5.41) is 10.9. The van der Waals surface area contributed by atoms with Crippen molar-refractivity contribution in [2.75, 3.05) is 19.7 Å². The molecule has 3 rings (SSSR count). The average Bonchev–Trinajstić information content (AvgIpc) is 3.10. The number of carbonyl (C=O) groups is 1. The van der Waals surface area contributed by atoms with Gasteiger partial charge in [0.25, 0.3) is 0 Å². The van der Waals surface area contributed by atoms with Crippen LogP contribution in [0.4, 0.5) is 5.69 Å². The van der Waals surface area contributed by atoms with Crippen molar-refractivity contribution in [3.8, 4) is 5.75 Å². The van der Waals surface area contributed by atoms with Crippen molar-refractivity contribution in [2.45, 2.75) is 25.3 Å². The molecule has 1 heterocycles. The summed E-state index contributed by atoms with van der Waals surface area (Å²) < 4.78 is 5.43. The standard InChI is InChI=1S/C16H21N3O4.ClH/c17-13-6-5-11-9-18(10-12(11)13)16(20)7-8-23-15-4-2-1-3-14(15)19(21)22;/h1-4,11-13H,5-10,17H2;1H. The van der Waals surface area contributed by atoms with E-state index in [4.69, 9.17) is 10.5 Å². The number of benzene rings is 1. The van der Waals surface area contributed by atoms with Crippen LogP contribution in [0.5, 0.6) is 5.75 Å². The number of nitro groups is 1. The molecule has 0 aromatic heterocycles. The fraction of sp³-hybridized carbons (Fsp3) is 0.562. The fourth-order valence-electron chi connectivity index (χ4n) is 3.65. The third kappa shape index (κ3) is 3.79. The first kappa shape index (κ1) is 18.5. The van der Waals surface area contributed by atoms with Crippen molar-refractivity contribution in [1.29, 1.82) is 0 Å². The van der Waals surface area contributed by atoms with Gasteiger partial charge < -0.3 is 15.4 Å². The van der Waals surface area contributed by atoms with Crippen LogP contribution in [0.2, 0.25) is 0 Å². The third-order valence-corrected chi connectivity index (χ3v) is 4.90. The zero-order valence-electron chi connectivity index (χ0n) is 13.3. The Labute approximate surface area is 146 Å². The largest absolute Gasteiger partial charge is 0.486 e. The molecule has 3 atom stereocenters. The number of likely N-dealkylation sites (tertiary alicyclic amines) is 1. The molecule has 2 N–H and O–H groups in total. The summed E-state index contributed by atoms with van der Waals surface area (Å²) in [4.78, 5) is 24.5. The molecule has 7 nitrogen and oxygen atoms in total. The first-order valence-corrected chi connectivity index (χ1v) is 7.96. The molecule has 0 spiro atoms. The monoisotopic (exact) mass is 355 g/mol. The van der Waals surface area contributed by atoms with Crippen LogP contribution in [0.3, 0.4) is 0 Å². The van der Waals surface area contributed by atoms with E-state index < -0.39 is 4.92 Å². The van der Waals surface area contributed by atoms with Crippen molar-refractivity contribution in [3.63, 3.8) is 0 Å². The van der Waals surface area contributed by atoms with Gasteiger partial charge in [0.2, 0.25) is 5.91 Å². The highest BCUT2D eigenvalue weighted by Gasteiger charge is 2.42. The van der Waals surface area contributed by atoms with E-state index in [9.17, 15) is 14.9 Å². The quantitative estimate of drug-likeness (QED) is 0.643. The lowest BCUT2D eigenvalue weighted by Crippen LogP contribution is -2.34. The third-order valence-electron chi connectivity index (χ3n) is 4.90. The van der Waals surface area contributed by atoms with Crippen LogP contribution in [-0.2, 0) is 4.79 Å². The molecular formula is C16H22ClN3O4. The van der Waals surface area contributed by atoms with Crippen molar-refractivity contribution in [2.24, 2.45) is 17.6 Å². The first-order valence-electron chi connectivity index (χ1n) is 7.96. The van der Waals surface area contributed by atoms with Gasteiger partial charge in [-0.25, -0.2) is 0 Å². The summed E-state index contributed by atoms with van der Waals surface area (Å²) in [6, 6.07) is 6.40. The Morgan fingerprint density at radius 2 is 2.08 bits per heavy atom. The van der Waals surface area contributed by atoms with Crippen molar-refractivity contribution < 1.29 is 14.5 Å². The Kier molecular flexibility index (Phi) is 6.01. The summed E-state index contributed by atoms with van der Waals surface area (Å²) in [6.07, 6.45) is 2.38. The zero-order chi connectivity index (χ0) is 16.4. The molecule has 2 fully saturated rings. The van der Waals surface area contributed by atoms with E-state index in [-0.39, 0.29) is 48.8 Å². The minimum Gasteiger partial charge on any atom is -0.486 e. The molecule has 8 heteroatoms. The molecule has 1 aliphatic carbocycles. The van der Waals surface area contributed by atoms with Gasteiger partial charge in [0.1, 0.15) is 0 Å². The number of fused-ring (bicyclic) bond motifs is 1. The predicted molar refractivity (Wildman–Crippen MR) is 91.2 cm³/mol. The lowest BCUT2D eigenvalue weighted by atomic mass is 9.98. The van der Waals surface area contributed by atoms with E-state index in [1.165, 1.54) is 6.07 Å². The lowest BCUT2D eigenvalue weighted by molar-refractivity contribution is -0.385. The van der Waals surface area contributed by atoms with Crippen LogP contribution in [0, 0.1) is 22.0 Å². The summed E-state index contributed by atoms with van der Waals surface area (Å²) in [6.45, 7) is 1.65. The number of rotatable bonds is 5. The van der Waals surface area contributed by atoms with Gasteiger partial charge in [0.15, 0.2) is 5.75 Å². The Balaban J connectivity index is 0.00000208. The number of hydrogen-bond donors (Lipinski definition) is 1. The molecule has 1 aliphatic heterocycles. The molecule has 132 valence electrons. The minimum absolute atomic E-state index is 0. The Morgan fingerprint density at radius 3 is 2.79 bits per heavy atom. The van der Waals surface area contributed by atoms with Crippen molar-refractivity contribution >= 4 is 24.0 Å². The lowest BCUT2D eigenvalue weighted by Gasteiger charge is -2.18. The number of hydrogen-bond acceptors (Lipinski definition) is 5. The second kappa shape index (κ2) is 7.81. The summed E-state index contributed by atoms with van der Waals surface area (Å²) in [5.74, 6) is 1.19. The van der Waals surface area contributed by atoms with Crippen molar-refractivity contribution in [3.05, 3.63) is 34.4 Å². The van der Waals surface area contributed by atoms with Crippen LogP contribution in [0.15, 0.2) is 24.3 Å². The van der Waals surface area contributed by atoms with Gasteiger partial charge in [0, 0.05) is 25.2 Å². The molecular weight excluding hydrogens is 334 g/mol. The summed E-state index contributed by atoms with van der Waals surface area (Å²) in [5.41, 5.74) is 6.00. The topological polar surface area (TPSA) is 98.7 Å². The van der Waals surface area contributed by atoms with Crippen molar-refractivity contribution in [1.82, 2.24) is 4.90 Å². The number of amides is 1. The molecule has 0 radical (unpaired) electrons. The van der Waals surface area contributed by atoms with Crippen LogP contribution >= 0.6 is 12.4 Å². The summed E-state index contributed by atoms with van der Waals surface area (Å²) in [7, 11) is 0. The average molecular weight is 356 g/mol. The molecule has 1 aromatic carbocycles. The van der Waals surface area contributed by atoms with Gasteiger partial charge in [-0.3, -0.25) is 14.9 Å². The Morgan fingerprint density at radius 1 is 1.33 bits per heavy atom. The number of ether oxygens (including phenoxy) is 1. The highest BCUT2D eigenvalue weighted by atomic mass is 35.5. The van der Waals surface area contributed by atoms with E-state index in [0.29, 0.717) is 11.8 Å². The van der Waals surface area contributed by atoms with Gasteiger partial charge in [-0.05, 0) is 30.7 Å². The number of para-hydroxylation sites is 2. The van der Waals surface area contributed by atoms with Crippen LogP contribution in [-0.4, -0.2) is 41.5 Å². The van der Waals surface area contributed by atoms with E-state index in [1.807, 2.05) is 4.90 Å². The maximum atomic E-state index is 12.3. The van der Waals surface area contributed by atoms with Gasteiger partial charge in [0.05, 0.1) is 18.0 Å². The molecule has 1 saturated heterocycles. The molecule has 1 amide bonds. The second-order valence-electron chi connectivity index (χ2n) is 6.29. The second-order valence-corrected chi connectivity index (χ2v) is 6.29. The minimum atomic E-state index is -0.486. The SMILES string of the molecule is Cl.NC1CCC2CN(C(=O)CCOc3ccccc3[N+](=O)[O-])CC12. The van der Waals surface area contributed by atoms with Gasteiger partial charge in [-0.15, -0.1) is 12.4 Å². The normalized spacial score (nSPS) is 25.0. The Hall–Kier alpha value is -1.86. The summed E-state index contributed by atoms with van der Waals surface area (Å²) >= 11 is 0. The molecule has 1 aromatic rings. The van der Waals surface area contributed by atoms with E-state index in [0.717, 1.165) is 25.9 Å². The Bertz CT molecular complexity index is 613. The predicted octanol–water partition coefficient (Wildman–Crippen LogP) is 1.98. The first-order chi connectivity index (χ1) is 11.1.